The molecule has 0 atom stereocenters. The third-order valence-electron chi connectivity index (χ3n) is 2.31. The molecule has 100 valence electrons. The molecule has 1 N–H and O–H groups in total. The number of nitrogens with zero attached hydrogens (tertiary/aromatic N) is 2. The topological polar surface area (TPSA) is 56.3 Å². The van der Waals surface area contributed by atoms with Gasteiger partial charge in [-0.2, -0.15) is 4.98 Å². The van der Waals surface area contributed by atoms with Crippen molar-refractivity contribution in [1.29, 1.82) is 0 Å². The third-order valence-corrected chi connectivity index (χ3v) is 3.48. The van der Waals surface area contributed by atoms with Crippen LogP contribution in [0.1, 0.15) is 0 Å². The van der Waals surface area contributed by atoms with Gasteiger partial charge in [0.2, 0.25) is 11.8 Å². The lowest BCUT2D eigenvalue weighted by molar-refractivity contribution is 0.394. The number of nitrogens with one attached hydrogen (secondary N) is 1. The molecule has 7 heteroatoms. The summed E-state index contributed by atoms with van der Waals surface area (Å²) in [5.74, 6) is 1.70. The lowest BCUT2D eigenvalue weighted by atomic mass is 10.3. The first-order valence-corrected chi connectivity index (χ1v) is 6.89. The largest absolute Gasteiger partial charge is 0.496 e. The number of methoxy groups -OCH3 is 2. The van der Waals surface area contributed by atoms with Gasteiger partial charge in [-0.3, -0.25) is 0 Å². The Balaban J connectivity index is 2.23. The fourth-order valence-electron chi connectivity index (χ4n) is 1.43. The van der Waals surface area contributed by atoms with Crippen molar-refractivity contribution in [2.45, 2.75) is 0 Å². The van der Waals surface area contributed by atoms with Gasteiger partial charge in [-0.25, -0.2) is 4.98 Å². The van der Waals surface area contributed by atoms with Gasteiger partial charge in [0.15, 0.2) is 0 Å². The van der Waals surface area contributed by atoms with Crippen molar-refractivity contribution in [2.24, 2.45) is 0 Å². The van der Waals surface area contributed by atoms with Gasteiger partial charge in [0.25, 0.3) is 0 Å². The van der Waals surface area contributed by atoms with Gasteiger partial charge in [0, 0.05) is 5.69 Å². The van der Waals surface area contributed by atoms with E-state index in [1.807, 2.05) is 18.2 Å². The Bertz CT molecular complexity index is 593. The first-order chi connectivity index (χ1) is 9.13. The average molecular weight is 389 g/mol. The third kappa shape index (κ3) is 3.36. The van der Waals surface area contributed by atoms with Gasteiger partial charge in [-0.05, 0) is 50.1 Å². The lowest BCUT2D eigenvalue weighted by Gasteiger charge is -2.09. The van der Waals surface area contributed by atoms with E-state index in [1.165, 1.54) is 0 Å². The summed E-state index contributed by atoms with van der Waals surface area (Å²) >= 11 is 6.73. The van der Waals surface area contributed by atoms with Crippen LogP contribution in [0.3, 0.4) is 0 Å². The van der Waals surface area contributed by atoms with Crippen LogP contribution in [0.15, 0.2) is 33.3 Å². The Labute approximate surface area is 127 Å². The van der Waals surface area contributed by atoms with Crippen LogP contribution in [0.5, 0.6) is 11.6 Å². The van der Waals surface area contributed by atoms with E-state index in [0.29, 0.717) is 16.3 Å². The molecule has 0 bridgehead atoms. The number of anilines is 2. The maximum Gasteiger partial charge on any atom is 0.232 e. The summed E-state index contributed by atoms with van der Waals surface area (Å²) in [6.45, 7) is 0. The van der Waals surface area contributed by atoms with Crippen LogP contribution in [0.2, 0.25) is 0 Å². The van der Waals surface area contributed by atoms with Gasteiger partial charge in [0.05, 0.1) is 29.4 Å². The average Bonchev–Trinajstić information content (AvgIpc) is 2.41. The van der Waals surface area contributed by atoms with Crippen LogP contribution in [-0.2, 0) is 0 Å². The minimum atomic E-state index is 0.456. The molecule has 2 aromatic rings. The maximum absolute atomic E-state index is 5.17. The second-order valence-corrected chi connectivity index (χ2v) is 5.23. The normalized spacial score (nSPS) is 10.1. The van der Waals surface area contributed by atoms with E-state index in [9.17, 15) is 0 Å². The lowest BCUT2D eigenvalue weighted by Crippen LogP contribution is -1.99. The molecule has 0 aliphatic rings. The SMILES string of the molecule is COc1ccc(Nc2ncc(Br)c(OC)n2)cc1Br. The molecule has 1 aromatic carbocycles. The summed E-state index contributed by atoms with van der Waals surface area (Å²) in [7, 11) is 3.18. The maximum atomic E-state index is 5.17. The van der Waals surface area contributed by atoms with Crippen LogP contribution in [0, 0.1) is 0 Å². The Hall–Kier alpha value is -1.34. The number of halogens is 2. The molecule has 0 radical (unpaired) electrons. The molecule has 1 aromatic heterocycles. The van der Waals surface area contributed by atoms with Crippen molar-refractivity contribution >= 4 is 43.5 Å². The van der Waals surface area contributed by atoms with Gasteiger partial charge >= 0.3 is 0 Å². The van der Waals surface area contributed by atoms with Crippen LogP contribution in [0.4, 0.5) is 11.6 Å². The zero-order valence-corrected chi connectivity index (χ0v) is 13.4. The first kappa shape index (κ1) is 14.1. The van der Waals surface area contributed by atoms with E-state index < -0.39 is 0 Å². The van der Waals surface area contributed by atoms with Crippen molar-refractivity contribution in [3.63, 3.8) is 0 Å². The quantitative estimate of drug-likeness (QED) is 0.863. The van der Waals surface area contributed by atoms with Crippen LogP contribution >= 0.6 is 31.9 Å². The van der Waals surface area contributed by atoms with Crippen LogP contribution < -0.4 is 14.8 Å². The highest BCUT2D eigenvalue weighted by atomic mass is 79.9. The predicted octanol–water partition coefficient (Wildman–Crippen LogP) is 3.76. The summed E-state index contributed by atoms with van der Waals surface area (Å²) in [6, 6.07) is 5.61. The monoisotopic (exact) mass is 387 g/mol. The van der Waals surface area contributed by atoms with Crippen molar-refractivity contribution in [1.82, 2.24) is 9.97 Å². The van der Waals surface area contributed by atoms with Crippen LogP contribution in [-0.4, -0.2) is 24.2 Å². The molecule has 0 fully saturated rings. The number of rotatable bonds is 4. The molecule has 1 heterocycles. The summed E-state index contributed by atoms with van der Waals surface area (Å²) in [5.41, 5.74) is 0.844. The molecule has 5 nitrogen and oxygen atoms in total. The highest BCUT2D eigenvalue weighted by Crippen LogP contribution is 2.29. The zero-order chi connectivity index (χ0) is 13.8. The van der Waals surface area contributed by atoms with Crippen molar-refractivity contribution < 1.29 is 9.47 Å². The molecule has 0 aliphatic carbocycles. The number of aromatic nitrogens is 2. The molecule has 19 heavy (non-hydrogen) atoms. The van der Waals surface area contributed by atoms with E-state index in [1.54, 1.807) is 20.4 Å². The number of ether oxygens (including phenoxy) is 2. The smallest absolute Gasteiger partial charge is 0.232 e. The number of hydrogen-bond donors (Lipinski definition) is 1. The number of hydrogen-bond acceptors (Lipinski definition) is 5. The molecular weight excluding hydrogens is 378 g/mol. The molecule has 0 amide bonds. The van der Waals surface area contributed by atoms with Crippen molar-refractivity contribution in [3.05, 3.63) is 33.3 Å². The standard InChI is InChI=1S/C12H11Br2N3O2/c1-18-10-4-3-7(5-8(10)13)16-12-15-6-9(14)11(17-12)19-2/h3-6H,1-2H3,(H,15,16,17). The highest BCUT2D eigenvalue weighted by Gasteiger charge is 2.06. The molecule has 0 saturated heterocycles. The molecule has 0 spiro atoms. The Kier molecular flexibility index (Phi) is 4.60. The minimum absolute atomic E-state index is 0.456. The number of benzene rings is 1. The second kappa shape index (κ2) is 6.21. The van der Waals surface area contributed by atoms with E-state index in [0.717, 1.165) is 15.9 Å². The van der Waals surface area contributed by atoms with E-state index in [-0.39, 0.29) is 0 Å². The highest BCUT2D eigenvalue weighted by molar-refractivity contribution is 9.10. The summed E-state index contributed by atoms with van der Waals surface area (Å²) < 4.78 is 11.8. The Morgan fingerprint density at radius 3 is 2.53 bits per heavy atom. The minimum Gasteiger partial charge on any atom is -0.496 e. The molecule has 0 saturated carbocycles. The van der Waals surface area contributed by atoms with Crippen molar-refractivity contribution in [3.8, 4) is 11.6 Å². The fourth-order valence-corrected chi connectivity index (χ4v) is 2.32. The van der Waals surface area contributed by atoms with Gasteiger partial charge in [-0.1, -0.05) is 0 Å². The van der Waals surface area contributed by atoms with Gasteiger partial charge in [0.1, 0.15) is 5.75 Å². The Morgan fingerprint density at radius 1 is 1.11 bits per heavy atom. The molecule has 0 unspecified atom stereocenters. The second-order valence-electron chi connectivity index (χ2n) is 3.53. The first-order valence-electron chi connectivity index (χ1n) is 5.31. The Morgan fingerprint density at radius 2 is 1.89 bits per heavy atom. The summed E-state index contributed by atoms with van der Waals surface area (Å²) in [4.78, 5) is 8.38. The summed E-state index contributed by atoms with van der Waals surface area (Å²) in [6.07, 6.45) is 1.63. The van der Waals surface area contributed by atoms with E-state index >= 15 is 0 Å². The summed E-state index contributed by atoms with van der Waals surface area (Å²) in [5, 5.41) is 3.09. The van der Waals surface area contributed by atoms with Crippen LogP contribution in [0.25, 0.3) is 0 Å². The van der Waals surface area contributed by atoms with E-state index in [2.05, 4.69) is 47.1 Å². The van der Waals surface area contributed by atoms with Crippen molar-refractivity contribution in [2.75, 3.05) is 19.5 Å². The molecular formula is C12H11Br2N3O2. The van der Waals surface area contributed by atoms with Gasteiger partial charge < -0.3 is 14.8 Å². The zero-order valence-electron chi connectivity index (χ0n) is 10.3. The molecule has 2 rings (SSSR count). The molecule has 0 aliphatic heterocycles. The van der Waals surface area contributed by atoms with E-state index in [4.69, 9.17) is 9.47 Å². The van der Waals surface area contributed by atoms with Gasteiger partial charge in [-0.15, -0.1) is 0 Å². The predicted molar refractivity (Wildman–Crippen MR) is 80.3 cm³/mol. The fraction of sp³-hybridized carbons (Fsp3) is 0.167.